The zero-order valence-electron chi connectivity index (χ0n) is 7.08. The lowest BCUT2D eigenvalue weighted by molar-refractivity contribution is -0.117. The smallest absolute Gasteiger partial charge is 0.218 e. The summed E-state index contributed by atoms with van der Waals surface area (Å²) in [5, 5.41) is 11.3. The van der Waals surface area contributed by atoms with Gasteiger partial charge in [-0.3, -0.25) is 4.79 Å². The van der Waals surface area contributed by atoms with Crippen molar-refractivity contribution in [2.45, 2.75) is 6.42 Å². The first-order valence-electron chi connectivity index (χ1n) is 3.95. The molecule has 0 aliphatic heterocycles. The molecule has 0 atom stereocenters. The Balaban J connectivity index is 2.86. The van der Waals surface area contributed by atoms with Crippen LogP contribution in [0.2, 0.25) is 0 Å². The van der Waals surface area contributed by atoms with Crippen LogP contribution in [0, 0.1) is 0 Å². The van der Waals surface area contributed by atoms with Crippen molar-refractivity contribution in [3.8, 4) is 0 Å². The summed E-state index contributed by atoms with van der Waals surface area (Å²) < 4.78 is 4.96. The molecule has 0 aromatic carbocycles. The Morgan fingerprint density at radius 2 is 2.17 bits per heavy atom. The number of carbonyl (C=O) groups excluding carboxylic acids is 1. The Morgan fingerprint density at radius 3 is 2.75 bits per heavy atom. The van der Waals surface area contributed by atoms with Crippen LogP contribution in [0.15, 0.2) is 0 Å². The molecule has 0 spiro atoms. The van der Waals surface area contributed by atoms with E-state index in [1.807, 2.05) is 0 Å². The zero-order valence-corrected chi connectivity index (χ0v) is 7.08. The van der Waals surface area contributed by atoms with Crippen LogP contribution in [0.4, 0.5) is 0 Å². The highest BCUT2D eigenvalue weighted by molar-refractivity contribution is 5.73. The maximum absolute atomic E-state index is 10.3. The molecule has 0 saturated heterocycles. The summed E-state index contributed by atoms with van der Waals surface area (Å²) in [5.41, 5.74) is 4.91. The summed E-state index contributed by atoms with van der Waals surface area (Å²) >= 11 is 0. The van der Waals surface area contributed by atoms with E-state index >= 15 is 0 Å². The lowest BCUT2D eigenvalue weighted by Gasteiger charge is -2.03. The summed E-state index contributed by atoms with van der Waals surface area (Å²) in [7, 11) is 0. The molecule has 0 radical (unpaired) electrons. The minimum Gasteiger partial charge on any atom is -0.394 e. The second kappa shape index (κ2) is 8.45. The van der Waals surface area contributed by atoms with Crippen LogP contribution in [-0.2, 0) is 9.53 Å². The molecule has 0 bridgehead atoms. The molecule has 0 aromatic rings. The predicted molar refractivity (Wildman–Crippen MR) is 44.6 cm³/mol. The van der Waals surface area contributed by atoms with Crippen LogP contribution in [0.1, 0.15) is 6.42 Å². The first-order chi connectivity index (χ1) is 5.77. The number of ether oxygens (including phenoxy) is 1. The number of nitrogens with two attached hydrogens (primary N) is 1. The molecule has 0 unspecified atom stereocenters. The Labute approximate surface area is 71.9 Å². The average Bonchev–Trinajstić information content (AvgIpc) is 2.02. The van der Waals surface area contributed by atoms with E-state index in [1.54, 1.807) is 0 Å². The fourth-order valence-electron chi connectivity index (χ4n) is 0.648. The number of amides is 1. The lowest BCUT2D eigenvalue weighted by Crippen LogP contribution is -2.25. The van der Waals surface area contributed by atoms with Gasteiger partial charge in [0.25, 0.3) is 0 Å². The molecule has 0 fully saturated rings. The first kappa shape index (κ1) is 11.4. The van der Waals surface area contributed by atoms with Gasteiger partial charge in [0, 0.05) is 19.5 Å². The average molecular weight is 176 g/mol. The summed E-state index contributed by atoms with van der Waals surface area (Å²) in [4.78, 5) is 10.3. The van der Waals surface area contributed by atoms with Crippen molar-refractivity contribution in [3.05, 3.63) is 0 Å². The highest BCUT2D eigenvalue weighted by Crippen LogP contribution is 1.74. The van der Waals surface area contributed by atoms with Crippen molar-refractivity contribution in [2.24, 2.45) is 5.73 Å². The Hall–Kier alpha value is -0.650. The fraction of sp³-hybridized carbons (Fsp3) is 0.857. The molecular formula is C7H16N2O3. The van der Waals surface area contributed by atoms with Crippen LogP contribution in [0.25, 0.3) is 0 Å². The highest BCUT2D eigenvalue weighted by Gasteiger charge is 1.92. The molecular weight excluding hydrogens is 160 g/mol. The molecule has 5 heteroatoms. The summed E-state index contributed by atoms with van der Waals surface area (Å²) in [6.45, 7) is 2.20. The largest absolute Gasteiger partial charge is 0.394 e. The number of hydrogen-bond donors (Lipinski definition) is 3. The van der Waals surface area contributed by atoms with Crippen molar-refractivity contribution in [1.29, 1.82) is 0 Å². The number of hydrogen-bond acceptors (Lipinski definition) is 4. The summed E-state index contributed by atoms with van der Waals surface area (Å²) in [6.07, 6.45) is 0.347. The molecule has 0 heterocycles. The molecule has 5 nitrogen and oxygen atoms in total. The van der Waals surface area contributed by atoms with E-state index in [0.717, 1.165) is 0 Å². The number of nitrogens with one attached hydrogen (secondary N) is 1. The Kier molecular flexibility index (Phi) is 7.99. The quantitative estimate of drug-likeness (QED) is 0.391. The van der Waals surface area contributed by atoms with Crippen molar-refractivity contribution in [2.75, 3.05) is 32.9 Å². The molecule has 0 aromatic heterocycles. The van der Waals surface area contributed by atoms with Crippen molar-refractivity contribution in [3.63, 3.8) is 0 Å². The van der Waals surface area contributed by atoms with Gasteiger partial charge in [-0.2, -0.15) is 0 Å². The van der Waals surface area contributed by atoms with E-state index in [1.165, 1.54) is 0 Å². The molecule has 72 valence electrons. The fourth-order valence-corrected chi connectivity index (χ4v) is 0.648. The maximum atomic E-state index is 10.3. The number of aliphatic hydroxyl groups excluding tert-OH is 1. The minimum absolute atomic E-state index is 0.0429. The highest BCUT2D eigenvalue weighted by atomic mass is 16.5. The SMILES string of the molecule is NC(=O)CCNCCOCCO. The molecule has 1 amide bonds. The van der Waals surface area contributed by atoms with E-state index in [2.05, 4.69) is 5.32 Å². The lowest BCUT2D eigenvalue weighted by atomic mass is 10.4. The van der Waals surface area contributed by atoms with Gasteiger partial charge in [-0.25, -0.2) is 0 Å². The molecule has 0 aliphatic carbocycles. The standard InChI is InChI=1S/C7H16N2O3/c8-7(11)1-2-9-3-5-12-6-4-10/h9-10H,1-6H2,(H2,8,11). The zero-order chi connectivity index (χ0) is 9.23. The van der Waals surface area contributed by atoms with Gasteiger partial charge in [0.15, 0.2) is 0 Å². The third-order valence-corrected chi connectivity index (χ3v) is 1.21. The number of rotatable bonds is 8. The number of primary amides is 1. The normalized spacial score (nSPS) is 10.1. The number of aliphatic hydroxyl groups is 1. The molecule has 0 aliphatic rings. The van der Waals surface area contributed by atoms with Crippen LogP contribution in [0.3, 0.4) is 0 Å². The van der Waals surface area contributed by atoms with E-state index < -0.39 is 0 Å². The third-order valence-electron chi connectivity index (χ3n) is 1.21. The number of carbonyl (C=O) groups is 1. The Bertz CT molecular complexity index is 119. The maximum Gasteiger partial charge on any atom is 0.218 e. The first-order valence-corrected chi connectivity index (χ1v) is 3.95. The van der Waals surface area contributed by atoms with E-state index in [0.29, 0.717) is 32.7 Å². The minimum atomic E-state index is -0.307. The van der Waals surface area contributed by atoms with Gasteiger partial charge in [0.2, 0.25) is 5.91 Å². The van der Waals surface area contributed by atoms with E-state index in [9.17, 15) is 4.79 Å². The van der Waals surface area contributed by atoms with Gasteiger partial charge in [0.05, 0.1) is 19.8 Å². The van der Waals surface area contributed by atoms with Crippen molar-refractivity contribution in [1.82, 2.24) is 5.32 Å². The third kappa shape index (κ3) is 9.35. The topological polar surface area (TPSA) is 84.6 Å². The summed E-state index contributed by atoms with van der Waals surface area (Å²) in [5.74, 6) is -0.307. The van der Waals surface area contributed by atoms with E-state index in [4.69, 9.17) is 15.6 Å². The predicted octanol–water partition coefficient (Wildman–Crippen LogP) is -1.54. The van der Waals surface area contributed by atoms with Gasteiger partial charge < -0.3 is 20.9 Å². The second-order valence-corrected chi connectivity index (χ2v) is 2.30. The van der Waals surface area contributed by atoms with E-state index in [-0.39, 0.29) is 12.5 Å². The van der Waals surface area contributed by atoms with Crippen molar-refractivity contribution >= 4 is 5.91 Å². The molecule has 0 rings (SSSR count). The second-order valence-electron chi connectivity index (χ2n) is 2.30. The van der Waals surface area contributed by atoms with Crippen LogP contribution in [0.5, 0.6) is 0 Å². The monoisotopic (exact) mass is 176 g/mol. The molecule has 0 saturated carbocycles. The van der Waals surface area contributed by atoms with Gasteiger partial charge in [-0.15, -0.1) is 0 Å². The molecule has 4 N–H and O–H groups in total. The molecule has 12 heavy (non-hydrogen) atoms. The van der Waals surface area contributed by atoms with Crippen LogP contribution < -0.4 is 11.1 Å². The van der Waals surface area contributed by atoms with Crippen LogP contribution >= 0.6 is 0 Å². The van der Waals surface area contributed by atoms with Crippen LogP contribution in [-0.4, -0.2) is 43.9 Å². The summed E-state index contributed by atoms with van der Waals surface area (Å²) in [6, 6.07) is 0. The van der Waals surface area contributed by atoms with Gasteiger partial charge in [-0.1, -0.05) is 0 Å². The van der Waals surface area contributed by atoms with Crippen molar-refractivity contribution < 1.29 is 14.6 Å². The Morgan fingerprint density at radius 1 is 1.42 bits per heavy atom. The van der Waals surface area contributed by atoms with Gasteiger partial charge in [-0.05, 0) is 0 Å². The van der Waals surface area contributed by atoms with Gasteiger partial charge >= 0.3 is 0 Å². The van der Waals surface area contributed by atoms with Gasteiger partial charge in [0.1, 0.15) is 0 Å².